The molecule has 2 aromatic carbocycles. The number of hydrogen-bond acceptors (Lipinski definition) is 16. The van der Waals surface area contributed by atoms with E-state index in [1.165, 1.54) is 6.07 Å². The number of rotatable bonds is 7. The van der Waals surface area contributed by atoms with Crippen molar-refractivity contribution in [2.24, 2.45) is 0 Å². The lowest BCUT2D eigenvalue weighted by atomic mass is 9.98. The van der Waals surface area contributed by atoms with E-state index in [4.69, 9.17) is 23.4 Å². The lowest BCUT2D eigenvalue weighted by Crippen LogP contribution is -2.62. The molecule has 0 aliphatic carbocycles. The molecule has 228 valence electrons. The molecule has 16 nitrogen and oxygen atoms in total. The molecule has 5 rings (SSSR count). The highest BCUT2D eigenvalue weighted by Gasteiger charge is 2.53. The van der Waals surface area contributed by atoms with Gasteiger partial charge in [-0.3, -0.25) is 4.79 Å². The maximum atomic E-state index is 13.7. The van der Waals surface area contributed by atoms with Crippen LogP contribution in [-0.4, -0.2) is 120 Å². The van der Waals surface area contributed by atoms with Crippen molar-refractivity contribution in [3.05, 3.63) is 40.6 Å². The zero-order valence-electron chi connectivity index (χ0n) is 21.5. The largest absolute Gasteiger partial charge is 0.508 e. The van der Waals surface area contributed by atoms with Gasteiger partial charge in [-0.1, -0.05) is 0 Å². The molecule has 2 aliphatic heterocycles. The fourth-order valence-corrected chi connectivity index (χ4v) is 4.71. The molecule has 2 saturated heterocycles. The van der Waals surface area contributed by atoms with Crippen LogP contribution in [-0.2, 0) is 14.2 Å². The molecule has 8 atom stereocenters. The van der Waals surface area contributed by atoms with Gasteiger partial charge in [-0.15, -0.1) is 0 Å². The van der Waals surface area contributed by atoms with E-state index in [9.17, 15) is 55.9 Å². The third-order valence-corrected chi connectivity index (χ3v) is 7.08. The Morgan fingerprint density at radius 3 is 2.31 bits per heavy atom. The second-order valence-corrected chi connectivity index (χ2v) is 9.94. The van der Waals surface area contributed by atoms with Crippen LogP contribution in [0, 0.1) is 0 Å². The first-order valence-corrected chi connectivity index (χ1v) is 12.5. The van der Waals surface area contributed by atoms with Crippen molar-refractivity contribution in [2.45, 2.75) is 48.7 Å². The van der Waals surface area contributed by atoms with Gasteiger partial charge in [-0.2, -0.15) is 0 Å². The average Bonchev–Trinajstić information content (AvgIpc) is 3.23. The van der Waals surface area contributed by atoms with Crippen molar-refractivity contribution in [3.63, 3.8) is 0 Å². The summed E-state index contributed by atoms with van der Waals surface area (Å²) in [5.41, 5.74) is -3.51. The highest BCUT2D eigenvalue weighted by atomic mass is 16.8. The Bertz CT molecular complexity index is 1520. The van der Waals surface area contributed by atoms with Crippen molar-refractivity contribution in [2.75, 3.05) is 19.8 Å². The summed E-state index contributed by atoms with van der Waals surface area (Å²) in [4.78, 5) is 13.7. The van der Waals surface area contributed by atoms with E-state index in [0.29, 0.717) is 0 Å². The summed E-state index contributed by atoms with van der Waals surface area (Å²) in [5.74, 6) is -3.39. The van der Waals surface area contributed by atoms with Crippen molar-refractivity contribution in [3.8, 4) is 40.1 Å². The maximum Gasteiger partial charge on any atom is 0.239 e. The van der Waals surface area contributed by atoms with E-state index in [0.717, 1.165) is 24.3 Å². The van der Waals surface area contributed by atoms with Gasteiger partial charge in [0.1, 0.15) is 52.5 Å². The predicted molar refractivity (Wildman–Crippen MR) is 136 cm³/mol. The smallest absolute Gasteiger partial charge is 0.239 e. The van der Waals surface area contributed by atoms with Gasteiger partial charge in [0.2, 0.25) is 17.5 Å². The van der Waals surface area contributed by atoms with E-state index in [-0.39, 0.29) is 11.1 Å². The Morgan fingerprint density at radius 1 is 0.929 bits per heavy atom. The minimum atomic E-state index is -2.12. The van der Waals surface area contributed by atoms with Crippen LogP contribution in [0.3, 0.4) is 0 Å². The number of phenols is 4. The van der Waals surface area contributed by atoms with Gasteiger partial charge in [-0.25, -0.2) is 0 Å². The number of aliphatic hydroxyl groups excluding tert-OH is 5. The number of aromatic hydroxyl groups is 4. The summed E-state index contributed by atoms with van der Waals surface area (Å²) < 4.78 is 28.0. The molecule has 2 aliphatic rings. The number of phenolic OH excluding ortho intramolecular Hbond substituents is 4. The maximum absolute atomic E-state index is 13.7. The molecule has 0 bridgehead atoms. The third kappa shape index (κ3) is 5.08. The summed E-state index contributed by atoms with van der Waals surface area (Å²) in [7, 11) is 0. The Kier molecular flexibility index (Phi) is 7.92. The second-order valence-electron chi connectivity index (χ2n) is 9.94. The van der Waals surface area contributed by atoms with Gasteiger partial charge >= 0.3 is 0 Å². The van der Waals surface area contributed by atoms with Gasteiger partial charge in [-0.05, 0) is 18.2 Å². The van der Waals surface area contributed by atoms with Gasteiger partial charge in [0.15, 0.2) is 29.7 Å². The number of aliphatic hydroxyl groups is 6. The molecular formula is C26H28O16. The van der Waals surface area contributed by atoms with Gasteiger partial charge < -0.3 is 74.4 Å². The molecule has 0 radical (unpaired) electrons. The van der Waals surface area contributed by atoms with Crippen molar-refractivity contribution >= 4 is 11.0 Å². The third-order valence-electron chi connectivity index (χ3n) is 7.08. The highest BCUT2D eigenvalue weighted by Crippen LogP contribution is 2.40. The van der Waals surface area contributed by atoms with Crippen molar-refractivity contribution in [1.82, 2.24) is 0 Å². The van der Waals surface area contributed by atoms with Crippen molar-refractivity contribution < 1.29 is 74.4 Å². The molecule has 0 amide bonds. The van der Waals surface area contributed by atoms with E-state index in [1.54, 1.807) is 0 Å². The fourth-order valence-electron chi connectivity index (χ4n) is 4.71. The molecule has 2 fully saturated rings. The first kappa shape index (κ1) is 29.8. The van der Waals surface area contributed by atoms with Crippen LogP contribution in [0.2, 0.25) is 0 Å². The van der Waals surface area contributed by atoms with Crippen LogP contribution in [0.1, 0.15) is 0 Å². The zero-order valence-corrected chi connectivity index (χ0v) is 21.5. The topological polar surface area (TPSA) is 269 Å². The number of ether oxygens (including phenoxy) is 4. The van der Waals surface area contributed by atoms with Crippen LogP contribution in [0.25, 0.3) is 22.3 Å². The summed E-state index contributed by atoms with van der Waals surface area (Å²) in [6.07, 6.45) is -12.3. The average molecular weight is 596 g/mol. The van der Waals surface area contributed by atoms with Crippen LogP contribution in [0.4, 0.5) is 0 Å². The highest BCUT2D eigenvalue weighted by molar-refractivity contribution is 5.88. The summed E-state index contributed by atoms with van der Waals surface area (Å²) in [5, 5.41) is 101. The molecule has 16 heteroatoms. The molecule has 42 heavy (non-hydrogen) atoms. The lowest BCUT2D eigenvalue weighted by Gasteiger charge is -2.42. The Labute approximate surface area is 235 Å². The van der Waals surface area contributed by atoms with Crippen LogP contribution in [0.5, 0.6) is 28.7 Å². The zero-order chi connectivity index (χ0) is 30.5. The number of benzene rings is 2. The quantitative estimate of drug-likeness (QED) is 0.131. The molecule has 1 aromatic heterocycles. The predicted octanol–water partition coefficient (Wildman–Crippen LogP) is -2.07. The molecule has 3 heterocycles. The Hall–Kier alpha value is -3.71. The van der Waals surface area contributed by atoms with Crippen molar-refractivity contribution in [1.29, 1.82) is 0 Å². The summed E-state index contributed by atoms with van der Waals surface area (Å²) >= 11 is 0. The normalized spacial score (nSPS) is 31.4. The standard InChI is InChI=1S/C26H28O16/c27-6-15-17(33)19(35)22(42-25-23(36)26(37,7-28)8-38-25)24(40-15)41-21-18(34)16-13(32)4-10(29)5-14(16)39-20(21)9-1-2-11(30)12(31)3-9/h1-5,15,17,19,22-25,27-33,35-37H,6-8H2/t15-,17+,19+,22+,23-,24-,25-,26+/m0/s1. The molecule has 10 N–H and O–H groups in total. The second kappa shape index (κ2) is 11.2. The van der Waals surface area contributed by atoms with Gasteiger partial charge in [0.05, 0.1) is 19.8 Å². The number of hydrogen-bond donors (Lipinski definition) is 10. The van der Waals surface area contributed by atoms with Gasteiger partial charge in [0, 0.05) is 17.7 Å². The molecular weight excluding hydrogens is 568 g/mol. The van der Waals surface area contributed by atoms with E-state index >= 15 is 0 Å². The molecule has 3 aromatic rings. The summed E-state index contributed by atoms with van der Waals surface area (Å²) in [6.45, 7) is -2.31. The van der Waals surface area contributed by atoms with Gasteiger partial charge in [0.25, 0.3) is 0 Å². The Morgan fingerprint density at radius 2 is 1.67 bits per heavy atom. The fraction of sp³-hybridized carbons (Fsp3) is 0.423. The number of fused-ring (bicyclic) bond motifs is 1. The Balaban J connectivity index is 1.62. The van der Waals surface area contributed by atoms with Crippen LogP contribution >= 0.6 is 0 Å². The van der Waals surface area contributed by atoms with E-state index in [1.807, 2.05) is 0 Å². The first-order chi connectivity index (χ1) is 19.9. The SMILES string of the molecule is O=c1c(O[C@@H]2O[C@@H](CO)[C@@H](O)[C@@H](O)[C@H]2O[C@@H]2OC[C@](O)(CO)[C@H]2O)c(-c2ccc(O)c(O)c2)oc2cc(O)cc(O)c12. The minimum absolute atomic E-state index is 0.0442. The molecule has 0 saturated carbocycles. The van der Waals surface area contributed by atoms with Crippen LogP contribution in [0.15, 0.2) is 39.5 Å². The van der Waals surface area contributed by atoms with E-state index < -0.39 is 114 Å². The molecule has 0 unspecified atom stereocenters. The van der Waals surface area contributed by atoms with Crippen LogP contribution < -0.4 is 10.2 Å². The van der Waals surface area contributed by atoms with E-state index in [2.05, 4.69) is 0 Å². The lowest BCUT2D eigenvalue weighted by molar-refractivity contribution is -0.319. The minimum Gasteiger partial charge on any atom is -0.508 e. The summed E-state index contributed by atoms with van der Waals surface area (Å²) in [6, 6.07) is 5.21. The first-order valence-electron chi connectivity index (χ1n) is 12.5. The molecule has 0 spiro atoms. The monoisotopic (exact) mass is 596 g/mol.